The molecule has 0 spiro atoms. The standard InChI is InChI=1S/C14H10N2O4/c17-14-12-8-11(16(18)19)6-7-13(12)20-9-15(14)10-4-2-1-3-5-10/h1-8H,9H2. The van der Waals surface area contributed by atoms with Crippen LogP contribution in [0.4, 0.5) is 11.4 Å². The van der Waals surface area contributed by atoms with Gasteiger partial charge in [-0.05, 0) is 18.2 Å². The largest absolute Gasteiger partial charge is 0.472 e. The Balaban J connectivity index is 2.01. The number of benzene rings is 2. The van der Waals surface area contributed by atoms with Crippen molar-refractivity contribution in [2.75, 3.05) is 11.6 Å². The van der Waals surface area contributed by atoms with Crippen molar-refractivity contribution in [3.05, 3.63) is 64.2 Å². The lowest BCUT2D eigenvalue weighted by Crippen LogP contribution is -2.38. The molecule has 0 fully saturated rings. The molecule has 0 N–H and O–H groups in total. The van der Waals surface area contributed by atoms with Crippen molar-refractivity contribution in [2.24, 2.45) is 0 Å². The Morgan fingerprint density at radius 3 is 2.60 bits per heavy atom. The minimum atomic E-state index is -0.533. The minimum Gasteiger partial charge on any atom is -0.472 e. The Morgan fingerprint density at radius 1 is 1.15 bits per heavy atom. The van der Waals surface area contributed by atoms with Gasteiger partial charge in [-0.15, -0.1) is 0 Å². The van der Waals surface area contributed by atoms with Crippen LogP contribution in [0.3, 0.4) is 0 Å². The molecule has 0 aromatic heterocycles. The fraction of sp³-hybridized carbons (Fsp3) is 0.0714. The highest BCUT2D eigenvalue weighted by molar-refractivity contribution is 6.09. The predicted octanol–water partition coefficient (Wildman–Crippen LogP) is 2.59. The van der Waals surface area contributed by atoms with Crippen molar-refractivity contribution in [2.45, 2.75) is 0 Å². The molecule has 3 rings (SSSR count). The summed E-state index contributed by atoms with van der Waals surface area (Å²) in [6, 6.07) is 13.0. The number of carbonyl (C=O) groups excluding carboxylic acids is 1. The third kappa shape index (κ3) is 1.97. The molecule has 1 aliphatic rings. The van der Waals surface area contributed by atoms with Gasteiger partial charge in [0.2, 0.25) is 0 Å². The summed E-state index contributed by atoms with van der Waals surface area (Å²) in [6.45, 7) is 0.0909. The number of nitro groups is 1. The number of para-hydroxylation sites is 1. The highest BCUT2D eigenvalue weighted by Crippen LogP contribution is 2.30. The number of ether oxygens (including phenoxy) is 1. The molecule has 6 nitrogen and oxygen atoms in total. The van der Waals surface area contributed by atoms with E-state index in [0.717, 1.165) is 0 Å². The van der Waals surface area contributed by atoms with Gasteiger partial charge in [-0.1, -0.05) is 18.2 Å². The number of nitrogens with zero attached hydrogens (tertiary/aromatic N) is 2. The summed E-state index contributed by atoms with van der Waals surface area (Å²) in [5.41, 5.74) is 0.763. The van der Waals surface area contributed by atoms with Gasteiger partial charge in [0.25, 0.3) is 11.6 Å². The van der Waals surface area contributed by atoms with Crippen LogP contribution in [0.15, 0.2) is 48.5 Å². The van der Waals surface area contributed by atoms with Crippen molar-refractivity contribution < 1.29 is 14.5 Å². The van der Waals surface area contributed by atoms with Crippen molar-refractivity contribution in [1.29, 1.82) is 0 Å². The number of non-ortho nitro benzene ring substituents is 1. The average Bonchev–Trinajstić information content (AvgIpc) is 2.48. The highest BCUT2D eigenvalue weighted by atomic mass is 16.6. The predicted molar refractivity (Wildman–Crippen MR) is 71.8 cm³/mol. The molecular formula is C14H10N2O4. The highest BCUT2D eigenvalue weighted by Gasteiger charge is 2.28. The minimum absolute atomic E-state index is 0.0909. The second kappa shape index (κ2) is 4.65. The number of hydrogen-bond acceptors (Lipinski definition) is 4. The normalized spacial score (nSPS) is 13.6. The number of carbonyl (C=O) groups is 1. The van der Waals surface area contributed by atoms with Gasteiger partial charge < -0.3 is 4.74 Å². The molecule has 100 valence electrons. The maximum absolute atomic E-state index is 12.4. The average molecular weight is 270 g/mol. The van der Waals surface area contributed by atoms with Crippen molar-refractivity contribution in [3.8, 4) is 5.75 Å². The van der Waals surface area contributed by atoms with Gasteiger partial charge in [0, 0.05) is 17.8 Å². The molecule has 0 saturated carbocycles. The van der Waals surface area contributed by atoms with Gasteiger partial charge in [-0.2, -0.15) is 0 Å². The number of anilines is 1. The van der Waals surface area contributed by atoms with E-state index in [1.54, 1.807) is 12.1 Å². The number of rotatable bonds is 2. The summed E-state index contributed by atoms with van der Waals surface area (Å²) in [7, 11) is 0. The molecule has 2 aromatic carbocycles. The Labute approximate surface area is 114 Å². The van der Waals surface area contributed by atoms with E-state index in [2.05, 4.69) is 0 Å². The summed E-state index contributed by atoms with van der Waals surface area (Å²) in [5, 5.41) is 10.8. The molecule has 20 heavy (non-hydrogen) atoms. The molecule has 6 heteroatoms. The molecule has 2 aromatic rings. The van der Waals surface area contributed by atoms with Crippen LogP contribution in [-0.2, 0) is 0 Å². The molecule has 0 radical (unpaired) electrons. The number of hydrogen-bond donors (Lipinski definition) is 0. The maximum atomic E-state index is 12.4. The fourth-order valence-corrected chi connectivity index (χ4v) is 2.06. The molecule has 0 unspecified atom stereocenters. The number of fused-ring (bicyclic) bond motifs is 1. The van der Waals surface area contributed by atoms with Crippen LogP contribution in [0.25, 0.3) is 0 Å². The third-order valence-corrected chi connectivity index (χ3v) is 3.07. The van der Waals surface area contributed by atoms with Crippen LogP contribution in [0.5, 0.6) is 5.75 Å². The monoisotopic (exact) mass is 270 g/mol. The van der Waals surface area contributed by atoms with Gasteiger partial charge in [0.05, 0.1) is 10.5 Å². The first-order valence-corrected chi connectivity index (χ1v) is 5.95. The van der Waals surface area contributed by atoms with Crippen LogP contribution in [0.2, 0.25) is 0 Å². The summed E-state index contributed by atoms with van der Waals surface area (Å²) >= 11 is 0. The summed E-state index contributed by atoms with van der Waals surface area (Å²) in [4.78, 5) is 24.1. The van der Waals surface area contributed by atoms with E-state index in [0.29, 0.717) is 11.4 Å². The van der Waals surface area contributed by atoms with Crippen LogP contribution >= 0.6 is 0 Å². The zero-order valence-electron chi connectivity index (χ0n) is 10.4. The molecule has 0 bridgehead atoms. The van der Waals surface area contributed by atoms with E-state index in [-0.39, 0.29) is 23.9 Å². The second-order valence-corrected chi connectivity index (χ2v) is 4.28. The number of nitro benzene ring substituents is 1. The first-order valence-electron chi connectivity index (χ1n) is 5.95. The van der Waals surface area contributed by atoms with Crippen LogP contribution < -0.4 is 9.64 Å². The van der Waals surface area contributed by atoms with E-state index < -0.39 is 4.92 Å². The zero-order chi connectivity index (χ0) is 14.1. The molecule has 1 amide bonds. The van der Waals surface area contributed by atoms with Crippen molar-refractivity contribution >= 4 is 17.3 Å². The second-order valence-electron chi connectivity index (χ2n) is 4.28. The van der Waals surface area contributed by atoms with E-state index in [1.807, 2.05) is 18.2 Å². The smallest absolute Gasteiger partial charge is 0.270 e. The SMILES string of the molecule is O=C1c2cc([N+](=O)[O-])ccc2OCN1c1ccccc1. The molecular weight excluding hydrogens is 260 g/mol. The summed E-state index contributed by atoms with van der Waals surface area (Å²) in [6.07, 6.45) is 0. The van der Waals surface area contributed by atoms with Gasteiger partial charge in [-0.25, -0.2) is 0 Å². The Bertz CT molecular complexity index is 685. The lowest BCUT2D eigenvalue weighted by Gasteiger charge is -2.28. The Morgan fingerprint density at radius 2 is 1.90 bits per heavy atom. The van der Waals surface area contributed by atoms with Gasteiger partial charge >= 0.3 is 0 Å². The lowest BCUT2D eigenvalue weighted by molar-refractivity contribution is -0.384. The summed E-state index contributed by atoms with van der Waals surface area (Å²) in [5.74, 6) is 0.0638. The van der Waals surface area contributed by atoms with E-state index >= 15 is 0 Å². The van der Waals surface area contributed by atoms with Crippen LogP contribution in [0.1, 0.15) is 10.4 Å². The van der Waals surface area contributed by atoms with Crippen molar-refractivity contribution in [3.63, 3.8) is 0 Å². The van der Waals surface area contributed by atoms with E-state index in [9.17, 15) is 14.9 Å². The van der Waals surface area contributed by atoms with Crippen molar-refractivity contribution in [1.82, 2.24) is 0 Å². The van der Waals surface area contributed by atoms with Crippen LogP contribution in [-0.4, -0.2) is 17.6 Å². The van der Waals surface area contributed by atoms with E-state index in [4.69, 9.17) is 4.74 Å². The van der Waals surface area contributed by atoms with Gasteiger partial charge in [0.1, 0.15) is 5.75 Å². The van der Waals surface area contributed by atoms with Gasteiger partial charge in [-0.3, -0.25) is 19.8 Å². The molecule has 0 atom stereocenters. The Kier molecular flexibility index (Phi) is 2.83. The first-order chi connectivity index (χ1) is 9.66. The fourth-order valence-electron chi connectivity index (χ4n) is 2.06. The zero-order valence-corrected chi connectivity index (χ0v) is 10.4. The quantitative estimate of drug-likeness (QED) is 0.621. The molecule has 1 aliphatic heterocycles. The third-order valence-electron chi connectivity index (χ3n) is 3.07. The number of amides is 1. The Hall–Kier alpha value is -2.89. The van der Waals surface area contributed by atoms with E-state index in [1.165, 1.54) is 23.1 Å². The topological polar surface area (TPSA) is 72.7 Å². The summed E-state index contributed by atoms with van der Waals surface area (Å²) < 4.78 is 5.48. The molecule has 0 saturated heterocycles. The first kappa shape index (κ1) is 12.2. The lowest BCUT2D eigenvalue weighted by atomic mass is 10.1. The maximum Gasteiger partial charge on any atom is 0.270 e. The van der Waals surface area contributed by atoms with Gasteiger partial charge in [0.15, 0.2) is 6.73 Å². The molecule has 0 aliphatic carbocycles. The van der Waals surface area contributed by atoms with Crippen LogP contribution in [0, 0.1) is 10.1 Å². The molecule has 1 heterocycles.